The van der Waals surface area contributed by atoms with Crippen LogP contribution in [0.1, 0.15) is 30.0 Å². The number of Topliss-reactive ketones (excluding diaryl/α,β-unsaturated/α-hetero) is 1. The number of nitrogens with one attached hydrogen (secondary N) is 1. The zero-order valence-corrected chi connectivity index (χ0v) is 16.5. The van der Waals surface area contributed by atoms with Crippen molar-refractivity contribution in [2.45, 2.75) is 45.3 Å². The molecule has 4 rings (SSSR count). The monoisotopic (exact) mass is 415 g/mol. The number of hydrazone groups is 1. The van der Waals surface area contributed by atoms with E-state index in [9.17, 15) is 15.0 Å². The molecule has 0 amide bonds. The fraction of sp³-hybridized carbons (Fsp3) is 0.389. The number of anilines is 2. The van der Waals surface area contributed by atoms with E-state index in [0.29, 0.717) is 0 Å². The standard InChI is InChI=1S/C18H21N7O5/c1-7-5-29-9(3)10(7)4-21-24-18-22-15(19)11-16(23-18)25(6-20-11)17-13(28)12(27)14(30-17)8(2)26/h4-6,12-14,17,27-28H,1-3H3,(H3,19,22,23,24)/b21-4+/t12-,13+,14+,17+/m0/s1. The second-order valence-electron chi connectivity index (χ2n) is 7.05. The van der Waals surface area contributed by atoms with E-state index in [1.54, 1.807) is 12.5 Å². The van der Waals surface area contributed by atoms with Gasteiger partial charge in [-0.15, -0.1) is 0 Å². The third-order valence-corrected chi connectivity index (χ3v) is 4.94. The van der Waals surface area contributed by atoms with Gasteiger partial charge in [-0.3, -0.25) is 9.36 Å². The number of nitrogens with zero attached hydrogens (tertiary/aromatic N) is 5. The molecule has 12 heteroatoms. The van der Waals surface area contributed by atoms with E-state index in [1.807, 2.05) is 13.8 Å². The quantitative estimate of drug-likeness (QED) is 0.334. The van der Waals surface area contributed by atoms with Gasteiger partial charge in [-0.25, -0.2) is 10.4 Å². The number of hydrogen-bond acceptors (Lipinski definition) is 11. The van der Waals surface area contributed by atoms with Gasteiger partial charge in [0.15, 0.2) is 23.5 Å². The lowest BCUT2D eigenvalue weighted by molar-refractivity contribution is -0.133. The van der Waals surface area contributed by atoms with Gasteiger partial charge in [-0.1, -0.05) is 0 Å². The Balaban J connectivity index is 1.64. The maximum absolute atomic E-state index is 11.7. The van der Waals surface area contributed by atoms with Crippen molar-refractivity contribution in [1.82, 2.24) is 19.5 Å². The number of rotatable bonds is 5. The average molecular weight is 415 g/mol. The summed E-state index contributed by atoms with van der Waals surface area (Å²) >= 11 is 0. The minimum atomic E-state index is -1.37. The number of aryl methyl sites for hydroxylation is 2. The molecular weight excluding hydrogens is 394 g/mol. The summed E-state index contributed by atoms with van der Waals surface area (Å²) in [6.45, 7) is 4.99. The lowest BCUT2D eigenvalue weighted by Crippen LogP contribution is -2.34. The summed E-state index contributed by atoms with van der Waals surface area (Å²) in [5, 5.41) is 24.6. The summed E-state index contributed by atoms with van der Waals surface area (Å²) in [7, 11) is 0. The number of ether oxygens (including phenoxy) is 1. The number of furan rings is 1. The Hall–Kier alpha value is -3.35. The van der Waals surface area contributed by atoms with Crippen molar-refractivity contribution in [3.63, 3.8) is 0 Å². The number of carbonyl (C=O) groups is 1. The largest absolute Gasteiger partial charge is 0.469 e. The van der Waals surface area contributed by atoms with E-state index < -0.39 is 30.3 Å². The lowest BCUT2D eigenvalue weighted by Gasteiger charge is -2.16. The fourth-order valence-electron chi connectivity index (χ4n) is 3.33. The first-order valence-electron chi connectivity index (χ1n) is 9.13. The Morgan fingerprint density at radius 2 is 2.10 bits per heavy atom. The SMILES string of the molecule is CC(=O)[C@H]1O[C@@H](n2cnc3c(N)nc(N/N=C/c4c(C)coc4C)nc32)[C@H](O)[C@@H]1O. The predicted molar refractivity (Wildman–Crippen MR) is 106 cm³/mol. The van der Waals surface area contributed by atoms with Gasteiger partial charge in [-0.05, 0) is 26.3 Å². The molecule has 158 valence electrons. The molecule has 0 aliphatic carbocycles. The third-order valence-electron chi connectivity index (χ3n) is 4.94. The summed E-state index contributed by atoms with van der Waals surface area (Å²) in [6.07, 6.45) is -0.379. The molecule has 1 fully saturated rings. The zero-order valence-electron chi connectivity index (χ0n) is 16.5. The van der Waals surface area contributed by atoms with Crippen LogP contribution in [0.3, 0.4) is 0 Å². The summed E-state index contributed by atoms with van der Waals surface area (Å²) in [6, 6.07) is 0. The highest BCUT2D eigenvalue weighted by Gasteiger charge is 2.46. The van der Waals surface area contributed by atoms with Crippen molar-refractivity contribution in [2.75, 3.05) is 11.2 Å². The molecular formula is C18H21N7O5. The van der Waals surface area contributed by atoms with Crippen molar-refractivity contribution < 1.29 is 24.2 Å². The Labute approximate surface area is 170 Å². The van der Waals surface area contributed by atoms with Crippen LogP contribution in [-0.4, -0.2) is 60.0 Å². The molecule has 1 aliphatic rings. The molecule has 0 radical (unpaired) electrons. The first kappa shape index (κ1) is 19.9. The van der Waals surface area contributed by atoms with E-state index in [-0.39, 0.29) is 22.9 Å². The van der Waals surface area contributed by atoms with Crippen molar-refractivity contribution in [2.24, 2.45) is 5.10 Å². The maximum Gasteiger partial charge on any atom is 0.247 e. The van der Waals surface area contributed by atoms with Gasteiger partial charge in [0.2, 0.25) is 5.95 Å². The van der Waals surface area contributed by atoms with Crippen LogP contribution in [0.15, 0.2) is 22.1 Å². The van der Waals surface area contributed by atoms with Crippen molar-refractivity contribution in [3.8, 4) is 0 Å². The number of nitrogens with two attached hydrogens (primary N) is 1. The van der Waals surface area contributed by atoms with Gasteiger partial charge in [0.05, 0.1) is 18.8 Å². The van der Waals surface area contributed by atoms with Crippen molar-refractivity contribution >= 4 is 34.9 Å². The van der Waals surface area contributed by atoms with Gasteiger partial charge in [0, 0.05) is 5.56 Å². The summed E-state index contributed by atoms with van der Waals surface area (Å²) in [5.74, 6) is 0.498. The molecule has 30 heavy (non-hydrogen) atoms. The Kier molecular flexibility index (Phi) is 4.97. The minimum absolute atomic E-state index is 0.0864. The van der Waals surface area contributed by atoms with Gasteiger partial charge in [0.25, 0.3) is 0 Å². The number of aliphatic hydroxyl groups excluding tert-OH is 2. The van der Waals surface area contributed by atoms with E-state index in [1.165, 1.54) is 17.8 Å². The Morgan fingerprint density at radius 3 is 2.73 bits per heavy atom. The molecule has 4 atom stereocenters. The molecule has 0 aromatic carbocycles. The highest BCUT2D eigenvalue weighted by molar-refractivity contribution is 5.85. The smallest absolute Gasteiger partial charge is 0.247 e. The second kappa shape index (κ2) is 7.48. The van der Waals surface area contributed by atoms with Crippen molar-refractivity contribution in [1.29, 1.82) is 0 Å². The van der Waals surface area contributed by atoms with Crippen LogP contribution in [0.5, 0.6) is 0 Å². The Morgan fingerprint density at radius 1 is 1.33 bits per heavy atom. The molecule has 0 saturated carbocycles. The third kappa shape index (κ3) is 3.30. The van der Waals surface area contributed by atoms with Crippen molar-refractivity contribution in [3.05, 3.63) is 29.5 Å². The first-order valence-corrected chi connectivity index (χ1v) is 9.13. The van der Waals surface area contributed by atoms with Crippen LogP contribution in [0, 0.1) is 13.8 Å². The highest BCUT2D eigenvalue weighted by atomic mass is 16.6. The van der Waals surface area contributed by atoms with E-state index in [0.717, 1.165) is 16.9 Å². The average Bonchev–Trinajstić information content (AvgIpc) is 3.34. The van der Waals surface area contributed by atoms with E-state index in [4.69, 9.17) is 14.9 Å². The summed E-state index contributed by atoms with van der Waals surface area (Å²) in [5.41, 5.74) is 11.0. The second-order valence-corrected chi connectivity index (χ2v) is 7.05. The lowest BCUT2D eigenvalue weighted by atomic mass is 10.1. The molecule has 1 saturated heterocycles. The molecule has 4 heterocycles. The van der Waals surface area contributed by atoms with Crippen LogP contribution in [0.2, 0.25) is 0 Å². The van der Waals surface area contributed by atoms with Crippen LogP contribution >= 0.6 is 0 Å². The molecule has 5 N–H and O–H groups in total. The van der Waals surface area contributed by atoms with Crippen LogP contribution in [0.4, 0.5) is 11.8 Å². The van der Waals surface area contributed by atoms with Gasteiger partial charge in [-0.2, -0.15) is 15.1 Å². The Bertz CT molecular complexity index is 1120. The molecule has 0 bridgehead atoms. The molecule has 0 unspecified atom stereocenters. The maximum atomic E-state index is 11.7. The fourth-order valence-corrected chi connectivity index (χ4v) is 3.33. The van der Waals surface area contributed by atoms with Crippen LogP contribution in [0.25, 0.3) is 11.2 Å². The number of fused-ring (bicyclic) bond motifs is 1. The van der Waals surface area contributed by atoms with Gasteiger partial charge in [0.1, 0.15) is 29.6 Å². The summed E-state index contributed by atoms with van der Waals surface area (Å²) < 4.78 is 12.3. The number of carbonyl (C=O) groups excluding carboxylic acids is 1. The molecule has 12 nitrogen and oxygen atoms in total. The van der Waals surface area contributed by atoms with Crippen LogP contribution < -0.4 is 11.2 Å². The highest BCUT2D eigenvalue weighted by Crippen LogP contribution is 2.32. The number of ketones is 1. The number of aliphatic hydroxyl groups is 2. The number of imidazole rings is 1. The first-order chi connectivity index (χ1) is 14.3. The minimum Gasteiger partial charge on any atom is -0.469 e. The molecule has 1 aliphatic heterocycles. The molecule has 3 aromatic rings. The number of aromatic nitrogens is 4. The molecule has 0 spiro atoms. The normalized spacial score (nSPS) is 24.2. The number of hydrogen-bond donors (Lipinski definition) is 4. The van der Waals surface area contributed by atoms with E-state index >= 15 is 0 Å². The van der Waals surface area contributed by atoms with Gasteiger partial charge >= 0.3 is 0 Å². The van der Waals surface area contributed by atoms with Gasteiger partial charge < -0.3 is 25.1 Å². The van der Waals surface area contributed by atoms with E-state index in [2.05, 4.69) is 25.5 Å². The van der Waals surface area contributed by atoms with Crippen LogP contribution in [-0.2, 0) is 9.53 Å². The zero-order chi connectivity index (χ0) is 21.6. The number of nitrogen functional groups attached to an aromatic ring is 1. The summed E-state index contributed by atoms with van der Waals surface area (Å²) in [4.78, 5) is 24.3. The topological polar surface area (TPSA) is 174 Å². The predicted octanol–water partition coefficient (Wildman–Crippen LogP) is 0.273. The molecule has 3 aromatic heterocycles.